The topological polar surface area (TPSA) is 121 Å². The van der Waals surface area contributed by atoms with E-state index in [4.69, 9.17) is 14.2 Å². The van der Waals surface area contributed by atoms with Crippen LogP contribution in [-0.2, 0) is 28.6 Å². The standard InChI is InChI=1S/C18H20FIN4O6/c1-9(25)23-15-13-6-5-12(24(13)22-8-21-15)14-17(4,29-11(3)27)16(28-10(2)26)18(19,7-20)30-14/h5-6,8,14,16H,7H2,1-4H3,(H,21,22,23,25)/t14-,16-,17-,18+/m0/s1. The molecule has 1 amide bonds. The minimum atomic E-state index is -2.42. The number of carbonyl (C=O) groups is 3. The molecule has 0 unspecified atom stereocenters. The van der Waals surface area contributed by atoms with Crippen LogP contribution in [0.15, 0.2) is 18.5 Å². The molecule has 30 heavy (non-hydrogen) atoms. The van der Waals surface area contributed by atoms with Crippen LogP contribution >= 0.6 is 22.6 Å². The van der Waals surface area contributed by atoms with Gasteiger partial charge in [0.2, 0.25) is 12.0 Å². The second-order valence-electron chi connectivity index (χ2n) is 7.03. The van der Waals surface area contributed by atoms with Crippen molar-refractivity contribution in [2.75, 3.05) is 9.74 Å². The van der Waals surface area contributed by atoms with Crippen molar-refractivity contribution in [2.45, 2.75) is 51.4 Å². The van der Waals surface area contributed by atoms with Crippen molar-refractivity contribution >= 4 is 51.8 Å². The summed E-state index contributed by atoms with van der Waals surface area (Å²) >= 11 is 1.77. The number of fused-ring (bicyclic) bond motifs is 1. The number of rotatable bonds is 5. The minimum Gasteiger partial charge on any atom is -0.452 e. The largest absolute Gasteiger partial charge is 0.452 e. The molecule has 3 heterocycles. The van der Waals surface area contributed by atoms with Gasteiger partial charge in [0.15, 0.2) is 11.4 Å². The highest BCUT2D eigenvalue weighted by Gasteiger charge is 2.67. The highest BCUT2D eigenvalue weighted by atomic mass is 127. The normalized spacial score (nSPS) is 28.3. The maximum atomic E-state index is 15.7. The molecule has 1 aliphatic rings. The zero-order valence-corrected chi connectivity index (χ0v) is 18.8. The van der Waals surface area contributed by atoms with E-state index in [9.17, 15) is 14.4 Å². The van der Waals surface area contributed by atoms with Crippen molar-refractivity contribution in [3.8, 4) is 0 Å². The lowest BCUT2D eigenvalue weighted by Crippen LogP contribution is -2.52. The van der Waals surface area contributed by atoms with E-state index in [1.165, 1.54) is 31.6 Å². The van der Waals surface area contributed by atoms with Crippen LogP contribution in [0.2, 0.25) is 0 Å². The number of hydrogen-bond donors (Lipinski definition) is 1. The molecule has 0 bridgehead atoms. The highest BCUT2D eigenvalue weighted by Crippen LogP contribution is 2.52. The zero-order valence-electron chi connectivity index (χ0n) is 16.6. The monoisotopic (exact) mass is 534 g/mol. The average molecular weight is 534 g/mol. The van der Waals surface area contributed by atoms with Crippen molar-refractivity contribution in [1.29, 1.82) is 0 Å². The number of carbonyl (C=O) groups excluding carboxylic acids is 3. The number of alkyl halides is 2. The Kier molecular flexibility index (Phi) is 6.00. The van der Waals surface area contributed by atoms with Gasteiger partial charge in [-0.1, -0.05) is 22.6 Å². The summed E-state index contributed by atoms with van der Waals surface area (Å²) in [6.45, 7) is 5.08. The van der Waals surface area contributed by atoms with Crippen molar-refractivity contribution in [3.05, 3.63) is 24.2 Å². The van der Waals surface area contributed by atoms with Crippen LogP contribution in [0.5, 0.6) is 0 Å². The van der Waals surface area contributed by atoms with Crippen molar-refractivity contribution < 1.29 is 33.0 Å². The van der Waals surface area contributed by atoms with Crippen LogP contribution in [-0.4, -0.2) is 54.4 Å². The maximum absolute atomic E-state index is 15.7. The molecule has 4 atom stereocenters. The smallest absolute Gasteiger partial charge is 0.303 e. The molecule has 162 valence electrons. The highest BCUT2D eigenvalue weighted by molar-refractivity contribution is 14.1. The van der Waals surface area contributed by atoms with Gasteiger partial charge in [-0.25, -0.2) is 13.9 Å². The molecular formula is C18H20FIN4O6. The zero-order chi connectivity index (χ0) is 22.3. The molecule has 2 aromatic rings. The molecule has 0 radical (unpaired) electrons. The molecule has 0 saturated carbocycles. The van der Waals surface area contributed by atoms with Crippen LogP contribution < -0.4 is 5.32 Å². The van der Waals surface area contributed by atoms with E-state index in [1.807, 2.05) is 0 Å². The summed E-state index contributed by atoms with van der Waals surface area (Å²) in [5, 5.41) is 6.74. The Morgan fingerprint density at radius 2 is 2.00 bits per heavy atom. The van der Waals surface area contributed by atoms with Gasteiger partial charge in [0, 0.05) is 20.8 Å². The van der Waals surface area contributed by atoms with Crippen LogP contribution in [0.25, 0.3) is 5.52 Å². The first kappa shape index (κ1) is 22.3. The molecule has 2 aromatic heterocycles. The number of amides is 1. The summed E-state index contributed by atoms with van der Waals surface area (Å²) in [4.78, 5) is 39.0. The van der Waals surface area contributed by atoms with Gasteiger partial charge in [-0.2, -0.15) is 5.10 Å². The molecule has 1 fully saturated rings. The second kappa shape index (κ2) is 8.06. The predicted molar refractivity (Wildman–Crippen MR) is 110 cm³/mol. The van der Waals surface area contributed by atoms with E-state index in [0.717, 1.165) is 6.92 Å². The number of nitrogens with zero attached hydrogens (tertiary/aromatic N) is 3. The molecule has 1 saturated heterocycles. The van der Waals surface area contributed by atoms with E-state index < -0.39 is 35.6 Å². The first-order chi connectivity index (χ1) is 14.0. The summed E-state index contributed by atoms with van der Waals surface area (Å²) in [5.41, 5.74) is -0.944. The second-order valence-corrected chi connectivity index (χ2v) is 7.79. The Morgan fingerprint density at radius 1 is 1.30 bits per heavy atom. The first-order valence-electron chi connectivity index (χ1n) is 8.91. The van der Waals surface area contributed by atoms with Gasteiger partial charge >= 0.3 is 11.9 Å². The minimum absolute atomic E-state index is 0.189. The molecule has 12 heteroatoms. The van der Waals surface area contributed by atoms with Gasteiger partial charge in [-0.3, -0.25) is 14.4 Å². The molecule has 0 spiro atoms. The van der Waals surface area contributed by atoms with Crippen LogP contribution in [0.4, 0.5) is 10.2 Å². The summed E-state index contributed by atoms with van der Waals surface area (Å²) < 4.78 is 33.3. The number of nitrogens with one attached hydrogen (secondary N) is 1. The Morgan fingerprint density at radius 3 is 2.57 bits per heavy atom. The van der Waals surface area contributed by atoms with Crippen LogP contribution in [0.3, 0.4) is 0 Å². The molecular weight excluding hydrogens is 514 g/mol. The fourth-order valence-corrected chi connectivity index (χ4v) is 4.18. The summed E-state index contributed by atoms with van der Waals surface area (Å²) in [7, 11) is 0. The third-order valence-corrected chi connectivity index (χ3v) is 5.66. The molecule has 0 aliphatic carbocycles. The summed E-state index contributed by atoms with van der Waals surface area (Å²) in [6, 6.07) is 3.20. The van der Waals surface area contributed by atoms with Crippen molar-refractivity contribution in [1.82, 2.24) is 14.6 Å². The number of ether oxygens (including phenoxy) is 3. The molecule has 0 aromatic carbocycles. The fraction of sp³-hybridized carbons (Fsp3) is 0.500. The van der Waals surface area contributed by atoms with E-state index in [1.54, 1.807) is 34.7 Å². The number of anilines is 1. The average Bonchev–Trinajstić information content (AvgIpc) is 3.15. The number of esters is 2. The fourth-order valence-electron chi connectivity index (χ4n) is 3.60. The third kappa shape index (κ3) is 3.85. The van der Waals surface area contributed by atoms with Crippen molar-refractivity contribution in [3.63, 3.8) is 0 Å². The summed E-state index contributed by atoms with van der Waals surface area (Å²) in [6.07, 6.45) is -1.48. The van der Waals surface area contributed by atoms with Gasteiger partial charge in [0.25, 0.3) is 5.85 Å². The van der Waals surface area contributed by atoms with Gasteiger partial charge in [0.05, 0.1) is 10.1 Å². The van der Waals surface area contributed by atoms with Crippen molar-refractivity contribution in [2.24, 2.45) is 0 Å². The quantitative estimate of drug-likeness (QED) is 0.352. The van der Waals surface area contributed by atoms with Crippen LogP contribution in [0.1, 0.15) is 39.5 Å². The van der Waals surface area contributed by atoms with E-state index in [2.05, 4.69) is 15.4 Å². The van der Waals surface area contributed by atoms with Crippen LogP contribution in [0, 0.1) is 0 Å². The molecule has 10 nitrogen and oxygen atoms in total. The van der Waals surface area contributed by atoms with Gasteiger partial charge in [-0.15, -0.1) is 0 Å². The Bertz CT molecular complexity index is 1020. The predicted octanol–water partition coefficient (Wildman–Crippen LogP) is 2.11. The SMILES string of the molecule is CC(=O)Nc1ncnn2c([C@@H]3O[C@](F)(CI)[C@@H](OC(C)=O)[C@@]3(C)OC(C)=O)ccc12. The lowest BCUT2D eigenvalue weighted by Gasteiger charge is -2.34. The molecule has 1 aliphatic heterocycles. The van der Waals surface area contributed by atoms with E-state index in [-0.39, 0.29) is 16.2 Å². The first-order valence-corrected chi connectivity index (χ1v) is 10.4. The van der Waals surface area contributed by atoms with Gasteiger partial charge in [0.1, 0.15) is 17.9 Å². The van der Waals surface area contributed by atoms with E-state index in [0.29, 0.717) is 11.2 Å². The Balaban J connectivity index is 2.17. The molecule has 3 rings (SSSR count). The lowest BCUT2D eigenvalue weighted by atomic mass is 9.90. The van der Waals surface area contributed by atoms with Gasteiger partial charge in [-0.05, 0) is 19.1 Å². The number of halogens is 2. The maximum Gasteiger partial charge on any atom is 0.303 e. The van der Waals surface area contributed by atoms with E-state index >= 15 is 4.39 Å². The van der Waals surface area contributed by atoms with Gasteiger partial charge < -0.3 is 19.5 Å². The third-order valence-electron chi connectivity index (χ3n) is 4.62. The Labute approximate surface area is 184 Å². The number of hydrogen-bond acceptors (Lipinski definition) is 8. The summed E-state index contributed by atoms with van der Waals surface area (Å²) in [5.74, 6) is -3.95. The Hall–Kier alpha value is -2.35. The lowest BCUT2D eigenvalue weighted by molar-refractivity contribution is -0.192. The number of aromatic nitrogens is 3. The molecule has 1 N–H and O–H groups in total.